The molecule has 1 aliphatic carbocycles. The minimum absolute atomic E-state index is 0.134. The summed E-state index contributed by atoms with van der Waals surface area (Å²) in [5.74, 6) is -2.96. The van der Waals surface area contributed by atoms with Crippen molar-refractivity contribution in [1.29, 1.82) is 0 Å². The second kappa shape index (κ2) is 8.21. The van der Waals surface area contributed by atoms with Gasteiger partial charge in [0.05, 0.1) is 0 Å². The Labute approximate surface area is 163 Å². The highest BCUT2D eigenvalue weighted by Crippen LogP contribution is 2.51. The van der Waals surface area contributed by atoms with Crippen molar-refractivity contribution in [3.8, 4) is 0 Å². The number of allylic oxidation sites excluding steroid dienone is 3. The SMILES string of the molecule is CCCCC(SC1(C(=O)O)C=CC=CN1)=C(NC(=O)C1CC1(C)C)C(=O)O. The molecule has 2 atom stereocenters. The van der Waals surface area contributed by atoms with E-state index in [1.54, 1.807) is 12.2 Å². The van der Waals surface area contributed by atoms with Gasteiger partial charge in [-0.25, -0.2) is 9.59 Å². The zero-order valence-electron chi connectivity index (χ0n) is 15.7. The Kier molecular flexibility index (Phi) is 6.41. The van der Waals surface area contributed by atoms with Crippen molar-refractivity contribution < 1.29 is 24.6 Å². The number of carbonyl (C=O) groups excluding carboxylic acids is 1. The minimum Gasteiger partial charge on any atom is -0.479 e. The summed E-state index contributed by atoms with van der Waals surface area (Å²) in [6.07, 6.45) is 8.79. The summed E-state index contributed by atoms with van der Waals surface area (Å²) in [6, 6.07) is 0. The molecule has 0 spiro atoms. The zero-order chi connectivity index (χ0) is 20.2. The molecular formula is C19H26N2O5S. The normalized spacial score (nSPS) is 26.0. The highest BCUT2D eigenvalue weighted by atomic mass is 32.2. The van der Waals surface area contributed by atoms with Gasteiger partial charge in [0.15, 0.2) is 0 Å². The quantitative estimate of drug-likeness (QED) is 0.444. The number of dihydropyridines is 1. The molecule has 148 valence electrons. The molecule has 1 fully saturated rings. The lowest BCUT2D eigenvalue weighted by atomic mass is 10.1. The van der Waals surface area contributed by atoms with E-state index in [-0.39, 0.29) is 22.9 Å². The van der Waals surface area contributed by atoms with Crippen LogP contribution in [0, 0.1) is 11.3 Å². The van der Waals surface area contributed by atoms with E-state index in [9.17, 15) is 24.6 Å². The Morgan fingerprint density at radius 3 is 2.37 bits per heavy atom. The minimum atomic E-state index is -1.51. The molecule has 2 rings (SSSR count). The average molecular weight is 394 g/mol. The number of amides is 1. The van der Waals surface area contributed by atoms with Gasteiger partial charge in [0.25, 0.3) is 0 Å². The molecule has 1 aliphatic heterocycles. The van der Waals surface area contributed by atoms with Crippen molar-refractivity contribution in [2.75, 3.05) is 0 Å². The highest BCUT2D eigenvalue weighted by molar-refractivity contribution is 8.05. The topological polar surface area (TPSA) is 116 Å². The van der Waals surface area contributed by atoms with Crippen molar-refractivity contribution in [2.45, 2.75) is 51.3 Å². The molecule has 0 aromatic rings. The summed E-state index contributed by atoms with van der Waals surface area (Å²) in [6.45, 7) is 5.87. The largest absolute Gasteiger partial charge is 0.479 e. The van der Waals surface area contributed by atoms with Crippen LogP contribution in [0.5, 0.6) is 0 Å². The molecule has 0 aromatic carbocycles. The Morgan fingerprint density at radius 1 is 1.26 bits per heavy atom. The van der Waals surface area contributed by atoms with Crippen molar-refractivity contribution in [1.82, 2.24) is 10.6 Å². The first kappa shape index (κ1) is 21.1. The van der Waals surface area contributed by atoms with Gasteiger partial charge < -0.3 is 20.8 Å². The Balaban J connectivity index is 2.35. The van der Waals surface area contributed by atoms with E-state index in [0.717, 1.165) is 18.2 Å². The van der Waals surface area contributed by atoms with Crippen LogP contribution in [-0.4, -0.2) is 32.9 Å². The molecule has 1 amide bonds. The lowest BCUT2D eigenvalue weighted by Crippen LogP contribution is -2.46. The standard InChI is InChI=1S/C19H26N2O5S/c1-4-5-8-13(27-19(17(25)26)9-6-7-10-20-19)14(16(23)24)21-15(22)12-11-18(12,2)3/h6-7,9-10,12,20H,4-5,8,11H2,1-3H3,(H,21,22)(H,23,24)(H,25,26). The van der Waals surface area contributed by atoms with Gasteiger partial charge in [-0.05, 0) is 43.0 Å². The summed E-state index contributed by atoms with van der Waals surface area (Å²) in [7, 11) is 0. The third kappa shape index (κ3) is 4.94. The molecule has 8 heteroatoms. The molecule has 0 bridgehead atoms. The highest BCUT2D eigenvalue weighted by Gasteiger charge is 2.51. The fourth-order valence-corrected chi connectivity index (χ4v) is 4.07. The Hall–Kier alpha value is -2.22. The Morgan fingerprint density at radius 2 is 1.93 bits per heavy atom. The molecule has 4 N–H and O–H groups in total. The number of aliphatic carboxylic acids is 2. The van der Waals surface area contributed by atoms with Crippen LogP contribution in [0.3, 0.4) is 0 Å². The van der Waals surface area contributed by atoms with Gasteiger partial charge in [0.2, 0.25) is 10.8 Å². The third-order valence-corrected chi connectivity index (χ3v) is 6.17. The van der Waals surface area contributed by atoms with Gasteiger partial charge in [-0.2, -0.15) is 0 Å². The van der Waals surface area contributed by atoms with Gasteiger partial charge in [-0.3, -0.25) is 4.79 Å². The number of unbranched alkanes of at least 4 members (excludes halogenated alkanes) is 1. The summed E-state index contributed by atoms with van der Waals surface area (Å²) < 4.78 is 0. The maximum Gasteiger partial charge on any atom is 0.353 e. The maximum atomic E-state index is 12.4. The van der Waals surface area contributed by atoms with Gasteiger partial charge in [-0.15, -0.1) is 0 Å². The van der Waals surface area contributed by atoms with Crippen molar-refractivity contribution in [2.24, 2.45) is 11.3 Å². The van der Waals surface area contributed by atoms with E-state index in [1.807, 2.05) is 20.8 Å². The van der Waals surface area contributed by atoms with E-state index in [1.165, 1.54) is 12.3 Å². The number of hydrogen-bond acceptors (Lipinski definition) is 5. The molecule has 1 saturated carbocycles. The van der Waals surface area contributed by atoms with E-state index in [0.29, 0.717) is 24.2 Å². The number of carboxylic acids is 2. The fourth-order valence-electron chi connectivity index (χ4n) is 2.83. The molecule has 27 heavy (non-hydrogen) atoms. The van der Waals surface area contributed by atoms with Crippen LogP contribution in [0.15, 0.2) is 35.0 Å². The number of thioether (sulfide) groups is 1. The van der Waals surface area contributed by atoms with E-state index >= 15 is 0 Å². The predicted molar refractivity (Wildman–Crippen MR) is 104 cm³/mol. The van der Waals surface area contributed by atoms with E-state index in [4.69, 9.17) is 0 Å². The van der Waals surface area contributed by atoms with Crippen molar-refractivity contribution in [3.05, 3.63) is 35.0 Å². The number of nitrogens with one attached hydrogen (secondary N) is 2. The summed E-state index contributed by atoms with van der Waals surface area (Å²) in [4.78, 5) is 35.0. The van der Waals surface area contributed by atoms with Crippen LogP contribution >= 0.6 is 11.8 Å². The second-order valence-electron chi connectivity index (χ2n) is 7.45. The second-order valence-corrected chi connectivity index (χ2v) is 8.79. The van der Waals surface area contributed by atoms with Crippen molar-refractivity contribution in [3.63, 3.8) is 0 Å². The number of carboxylic acid groups (broad SMARTS) is 2. The van der Waals surface area contributed by atoms with E-state index in [2.05, 4.69) is 10.6 Å². The first-order valence-electron chi connectivity index (χ1n) is 8.94. The van der Waals surface area contributed by atoms with E-state index < -0.39 is 16.8 Å². The van der Waals surface area contributed by atoms with Gasteiger partial charge >= 0.3 is 11.9 Å². The molecule has 0 radical (unpaired) electrons. The average Bonchev–Trinajstić information content (AvgIpc) is 3.25. The Bertz CT molecular complexity index is 726. The summed E-state index contributed by atoms with van der Waals surface area (Å²) in [5.41, 5.74) is -0.364. The van der Waals surface area contributed by atoms with Crippen molar-refractivity contribution >= 4 is 29.6 Å². The van der Waals surface area contributed by atoms with Crippen LogP contribution in [0.25, 0.3) is 0 Å². The molecule has 2 unspecified atom stereocenters. The van der Waals surface area contributed by atoms with Gasteiger partial charge in [0, 0.05) is 10.8 Å². The smallest absolute Gasteiger partial charge is 0.353 e. The van der Waals surface area contributed by atoms with Crippen LogP contribution in [0.1, 0.15) is 46.5 Å². The lowest BCUT2D eigenvalue weighted by Gasteiger charge is -2.29. The van der Waals surface area contributed by atoms with Crippen LogP contribution in [-0.2, 0) is 14.4 Å². The molecule has 1 heterocycles. The van der Waals surface area contributed by atoms with Gasteiger partial charge in [0.1, 0.15) is 5.70 Å². The predicted octanol–water partition coefficient (Wildman–Crippen LogP) is 2.82. The first-order chi connectivity index (χ1) is 12.6. The maximum absolute atomic E-state index is 12.4. The van der Waals surface area contributed by atoms with Gasteiger partial charge in [-0.1, -0.05) is 45.0 Å². The number of rotatable bonds is 9. The first-order valence-corrected chi connectivity index (χ1v) is 9.76. The monoisotopic (exact) mass is 394 g/mol. The fraction of sp³-hybridized carbons (Fsp3) is 0.526. The molecule has 0 saturated heterocycles. The molecule has 0 aromatic heterocycles. The number of hydrogen-bond donors (Lipinski definition) is 4. The summed E-state index contributed by atoms with van der Waals surface area (Å²) in [5, 5.41) is 24.7. The van der Waals surface area contributed by atoms with Crippen LogP contribution < -0.4 is 10.6 Å². The molecular weight excluding hydrogens is 368 g/mol. The molecule has 2 aliphatic rings. The summed E-state index contributed by atoms with van der Waals surface area (Å²) >= 11 is 0.907. The molecule has 7 nitrogen and oxygen atoms in total. The zero-order valence-corrected chi connectivity index (χ0v) is 16.6. The third-order valence-electron chi connectivity index (χ3n) is 4.77. The van der Waals surface area contributed by atoms with Crippen LogP contribution in [0.4, 0.5) is 0 Å². The van der Waals surface area contributed by atoms with Crippen LogP contribution in [0.2, 0.25) is 0 Å². The number of carbonyl (C=O) groups is 3. The lowest BCUT2D eigenvalue weighted by molar-refractivity contribution is -0.139.